The summed E-state index contributed by atoms with van der Waals surface area (Å²) < 4.78 is 5.64. The van der Waals surface area contributed by atoms with Crippen molar-refractivity contribution in [3.05, 3.63) is 35.9 Å². The van der Waals surface area contributed by atoms with Crippen LogP contribution >= 0.6 is 0 Å². The molecule has 120 valence electrons. The van der Waals surface area contributed by atoms with E-state index in [2.05, 4.69) is 41.1 Å². The van der Waals surface area contributed by atoms with Gasteiger partial charge in [-0.15, -0.1) is 0 Å². The number of rotatable bonds is 4. The molecule has 0 radical (unpaired) electrons. The van der Waals surface area contributed by atoms with Gasteiger partial charge >= 0.3 is 0 Å². The third-order valence-corrected chi connectivity index (χ3v) is 4.79. The minimum Gasteiger partial charge on any atom is -0.378 e. The molecule has 0 spiro atoms. The van der Waals surface area contributed by atoms with Gasteiger partial charge in [-0.1, -0.05) is 30.3 Å². The van der Waals surface area contributed by atoms with Gasteiger partial charge in [-0.2, -0.15) is 0 Å². The van der Waals surface area contributed by atoms with E-state index in [-0.39, 0.29) is 11.9 Å². The maximum Gasteiger partial charge on any atom is 0.223 e. The van der Waals surface area contributed by atoms with Crippen LogP contribution in [0.5, 0.6) is 0 Å². The van der Waals surface area contributed by atoms with Gasteiger partial charge < -0.3 is 14.5 Å². The van der Waals surface area contributed by atoms with Gasteiger partial charge in [0.15, 0.2) is 0 Å². The number of nitrogens with zero attached hydrogens (tertiary/aromatic N) is 2. The average molecular weight is 302 g/mol. The molecule has 2 fully saturated rings. The molecular weight excluding hydrogens is 276 g/mol. The molecule has 22 heavy (non-hydrogen) atoms. The van der Waals surface area contributed by atoms with E-state index in [0.717, 1.165) is 45.5 Å². The van der Waals surface area contributed by atoms with Gasteiger partial charge in [-0.3, -0.25) is 4.79 Å². The molecule has 4 nitrogen and oxygen atoms in total. The van der Waals surface area contributed by atoms with Crippen LogP contribution in [0.2, 0.25) is 0 Å². The van der Waals surface area contributed by atoms with Crippen LogP contribution in [-0.2, 0) is 9.53 Å². The highest BCUT2D eigenvalue weighted by Crippen LogP contribution is 2.26. The lowest BCUT2D eigenvalue weighted by molar-refractivity contribution is -0.136. The van der Waals surface area contributed by atoms with Gasteiger partial charge in [-0.25, -0.2) is 0 Å². The van der Waals surface area contributed by atoms with Crippen LogP contribution in [0.3, 0.4) is 0 Å². The highest BCUT2D eigenvalue weighted by atomic mass is 16.5. The van der Waals surface area contributed by atoms with E-state index in [0.29, 0.717) is 12.5 Å². The van der Waals surface area contributed by atoms with Crippen LogP contribution in [0.1, 0.15) is 37.3 Å². The fourth-order valence-electron chi connectivity index (χ4n) is 3.48. The summed E-state index contributed by atoms with van der Waals surface area (Å²) in [6.07, 6.45) is 4.02. The number of piperazine rings is 1. The summed E-state index contributed by atoms with van der Waals surface area (Å²) in [6.45, 7) is 3.55. The lowest BCUT2D eigenvalue weighted by Crippen LogP contribution is -2.49. The monoisotopic (exact) mass is 302 g/mol. The molecule has 2 atom stereocenters. The van der Waals surface area contributed by atoms with Crippen molar-refractivity contribution in [3.8, 4) is 0 Å². The molecule has 2 aliphatic rings. The smallest absolute Gasteiger partial charge is 0.223 e. The van der Waals surface area contributed by atoms with Crippen molar-refractivity contribution in [2.75, 3.05) is 33.3 Å². The molecule has 1 aromatic rings. The molecule has 2 saturated heterocycles. The third kappa shape index (κ3) is 3.68. The summed E-state index contributed by atoms with van der Waals surface area (Å²) in [5.41, 5.74) is 1.24. The lowest BCUT2D eigenvalue weighted by atomic mass is 10.0. The fourth-order valence-corrected chi connectivity index (χ4v) is 3.48. The van der Waals surface area contributed by atoms with E-state index in [4.69, 9.17) is 4.74 Å². The Labute approximate surface area is 133 Å². The molecule has 0 unspecified atom stereocenters. The zero-order valence-electron chi connectivity index (χ0n) is 13.4. The maximum atomic E-state index is 12.7. The molecule has 2 aliphatic heterocycles. The van der Waals surface area contributed by atoms with E-state index >= 15 is 0 Å². The number of hydrogen-bond acceptors (Lipinski definition) is 3. The van der Waals surface area contributed by atoms with Crippen LogP contribution in [0.4, 0.5) is 0 Å². The number of carbonyl (C=O) groups is 1. The van der Waals surface area contributed by atoms with Crippen molar-refractivity contribution < 1.29 is 9.53 Å². The van der Waals surface area contributed by atoms with Crippen LogP contribution in [0.25, 0.3) is 0 Å². The molecule has 1 amide bonds. The van der Waals surface area contributed by atoms with Gasteiger partial charge in [-0.05, 0) is 31.9 Å². The Hall–Kier alpha value is -1.39. The third-order valence-electron chi connectivity index (χ3n) is 4.79. The standard InChI is InChI=1S/C18H26N2O2/c1-19-11-12-20(17(14-19)15-6-3-2-4-7-15)18(21)10-9-16-8-5-13-22-16/h2-4,6-7,16-17H,5,8-14H2,1H3/t16-,17+/m0/s1. The zero-order chi connectivity index (χ0) is 15.4. The second-order valence-corrected chi connectivity index (χ2v) is 6.45. The van der Waals surface area contributed by atoms with Gasteiger partial charge in [0.1, 0.15) is 0 Å². The average Bonchev–Trinajstić information content (AvgIpc) is 3.07. The minimum atomic E-state index is 0.178. The van der Waals surface area contributed by atoms with Crippen molar-refractivity contribution in [3.63, 3.8) is 0 Å². The zero-order valence-corrected chi connectivity index (χ0v) is 13.4. The van der Waals surface area contributed by atoms with Gasteiger partial charge in [0.25, 0.3) is 0 Å². The number of hydrogen-bond donors (Lipinski definition) is 0. The van der Waals surface area contributed by atoms with E-state index in [1.54, 1.807) is 0 Å². The van der Waals surface area contributed by atoms with Crippen molar-refractivity contribution >= 4 is 5.91 Å². The van der Waals surface area contributed by atoms with Gasteiger partial charge in [0.2, 0.25) is 5.91 Å². The maximum absolute atomic E-state index is 12.7. The van der Waals surface area contributed by atoms with Crippen LogP contribution in [0.15, 0.2) is 30.3 Å². The molecule has 4 heteroatoms. The molecular formula is C18H26N2O2. The summed E-state index contributed by atoms with van der Waals surface area (Å²) in [5, 5.41) is 0. The van der Waals surface area contributed by atoms with Gasteiger partial charge in [0.05, 0.1) is 12.1 Å². The molecule has 0 N–H and O–H groups in total. The van der Waals surface area contributed by atoms with E-state index < -0.39 is 0 Å². The summed E-state index contributed by atoms with van der Waals surface area (Å²) in [6, 6.07) is 10.6. The summed E-state index contributed by atoms with van der Waals surface area (Å²) >= 11 is 0. The van der Waals surface area contributed by atoms with E-state index in [1.165, 1.54) is 5.56 Å². The first-order chi connectivity index (χ1) is 10.7. The number of benzene rings is 1. The quantitative estimate of drug-likeness (QED) is 0.856. The first-order valence-corrected chi connectivity index (χ1v) is 8.38. The van der Waals surface area contributed by atoms with Gasteiger partial charge in [0, 0.05) is 32.7 Å². The molecule has 0 bridgehead atoms. The van der Waals surface area contributed by atoms with Crippen molar-refractivity contribution in [2.45, 2.75) is 37.8 Å². The summed E-state index contributed by atoms with van der Waals surface area (Å²) in [5.74, 6) is 0.275. The second kappa shape index (κ2) is 7.25. The summed E-state index contributed by atoms with van der Waals surface area (Å²) in [7, 11) is 2.13. The number of carbonyl (C=O) groups excluding carboxylic acids is 1. The Bertz CT molecular complexity index is 485. The van der Waals surface area contributed by atoms with Crippen molar-refractivity contribution in [1.29, 1.82) is 0 Å². The first-order valence-electron chi connectivity index (χ1n) is 8.38. The Balaban J connectivity index is 1.65. The molecule has 0 saturated carbocycles. The molecule has 0 aromatic heterocycles. The molecule has 2 heterocycles. The number of ether oxygens (including phenoxy) is 1. The highest BCUT2D eigenvalue weighted by Gasteiger charge is 2.30. The first kappa shape index (κ1) is 15.5. The normalized spacial score (nSPS) is 26.3. The Morgan fingerprint density at radius 3 is 2.82 bits per heavy atom. The van der Waals surface area contributed by atoms with E-state index in [9.17, 15) is 4.79 Å². The highest BCUT2D eigenvalue weighted by molar-refractivity contribution is 5.77. The lowest BCUT2D eigenvalue weighted by Gasteiger charge is -2.40. The molecule has 3 rings (SSSR count). The predicted octanol–water partition coefficient (Wildman–Crippen LogP) is 2.46. The van der Waals surface area contributed by atoms with Crippen LogP contribution < -0.4 is 0 Å². The Morgan fingerprint density at radius 2 is 2.09 bits per heavy atom. The minimum absolute atomic E-state index is 0.178. The molecule has 1 aromatic carbocycles. The number of likely N-dealkylation sites (N-methyl/N-ethyl adjacent to an activating group) is 1. The van der Waals surface area contributed by atoms with Crippen LogP contribution in [0, 0.1) is 0 Å². The largest absolute Gasteiger partial charge is 0.378 e. The SMILES string of the molecule is CN1CCN(C(=O)CC[C@@H]2CCCO2)[C@@H](c2ccccc2)C1. The topological polar surface area (TPSA) is 32.8 Å². The fraction of sp³-hybridized carbons (Fsp3) is 0.611. The van der Waals surface area contributed by atoms with E-state index in [1.807, 2.05) is 6.07 Å². The van der Waals surface area contributed by atoms with Crippen LogP contribution in [-0.4, -0.2) is 55.1 Å². The summed E-state index contributed by atoms with van der Waals surface area (Å²) in [4.78, 5) is 17.1. The predicted molar refractivity (Wildman–Crippen MR) is 86.6 cm³/mol. The van der Waals surface area contributed by atoms with Crippen molar-refractivity contribution in [2.24, 2.45) is 0 Å². The second-order valence-electron chi connectivity index (χ2n) is 6.45. The Kier molecular flexibility index (Phi) is 5.11. The Morgan fingerprint density at radius 1 is 1.27 bits per heavy atom. The molecule has 0 aliphatic carbocycles. The number of amides is 1. The van der Waals surface area contributed by atoms with Crippen molar-refractivity contribution in [1.82, 2.24) is 9.80 Å².